The third kappa shape index (κ3) is 2.64. The quantitative estimate of drug-likeness (QED) is 0.925. The maximum atomic E-state index is 5.38. The van der Waals surface area contributed by atoms with Gasteiger partial charge in [-0.25, -0.2) is 0 Å². The molecule has 0 amide bonds. The predicted octanol–water partition coefficient (Wildman–Crippen LogP) is 3.09. The fourth-order valence-electron chi connectivity index (χ4n) is 2.13. The fraction of sp³-hybridized carbons (Fsp3) is 0.250. The van der Waals surface area contributed by atoms with Gasteiger partial charge in [0.15, 0.2) is 11.5 Å². The standard InChI is InChI=1S/C16H18N2O2/c1-18(2)14-6-4-13(5-7-14)17-10-12-3-8-15-16(9-12)20-11-19-15/h3-9,17H,10-11H2,1-2H3. The number of nitrogens with zero attached hydrogens (tertiary/aromatic N) is 1. The number of benzene rings is 2. The van der Waals surface area contributed by atoms with Crippen LogP contribution in [0, 0.1) is 0 Å². The first-order chi connectivity index (χ1) is 9.72. The van der Waals surface area contributed by atoms with Gasteiger partial charge in [0.05, 0.1) is 0 Å². The molecule has 0 spiro atoms. The highest BCUT2D eigenvalue weighted by atomic mass is 16.7. The Morgan fingerprint density at radius 2 is 1.75 bits per heavy atom. The summed E-state index contributed by atoms with van der Waals surface area (Å²) in [5.74, 6) is 1.65. The van der Waals surface area contributed by atoms with Crippen LogP contribution in [0.4, 0.5) is 11.4 Å². The summed E-state index contributed by atoms with van der Waals surface area (Å²) >= 11 is 0. The van der Waals surface area contributed by atoms with Crippen LogP contribution in [0.25, 0.3) is 0 Å². The van der Waals surface area contributed by atoms with Crippen molar-refractivity contribution in [1.29, 1.82) is 0 Å². The lowest BCUT2D eigenvalue weighted by molar-refractivity contribution is 0.174. The maximum absolute atomic E-state index is 5.38. The van der Waals surface area contributed by atoms with Gasteiger partial charge in [0.1, 0.15) is 0 Å². The molecule has 0 radical (unpaired) electrons. The fourth-order valence-corrected chi connectivity index (χ4v) is 2.13. The van der Waals surface area contributed by atoms with E-state index in [1.54, 1.807) is 0 Å². The first kappa shape index (κ1) is 12.7. The third-order valence-corrected chi connectivity index (χ3v) is 3.32. The summed E-state index contributed by atoms with van der Waals surface area (Å²) in [7, 11) is 4.07. The number of fused-ring (bicyclic) bond motifs is 1. The molecule has 1 heterocycles. The molecule has 2 aromatic rings. The lowest BCUT2D eigenvalue weighted by Gasteiger charge is -2.13. The molecule has 0 atom stereocenters. The van der Waals surface area contributed by atoms with E-state index in [1.165, 1.54) is 11.3 Å². The highest BCUT2D eigenvalue weighted by molar-refractivity contribution is 5.55. The molecular formula is C16H18N2O2. The van der Waals surface area contributed by atoms with E-state index in [2.05, 4.69) is 40.5 Å². The minimum atomic E-state index is 0.318. The largest absolute Gasteiger partial charge is 0.454 e. The maximum Gasteiger partial charge on any atom is 0.231 e. The molecule has 0 saturated heterocycles. The Balaban J connectivity index is 1.64. The van der Waals surface area contributed by atoms with Crippen LogP contribution in [-0.2, 0) is 6.54 Å². The van der Waals surface area contributed by atoms with Crippen molar-refractivity contribution >= 4 is 11.4 Å². The zero-order valence-corrected chi connectivity index (χ0v) is 11.7. The Morgan fingerprint density at radius 1 is 1.00 bits per heavy atom. The molecule has 2 aromatic carbocycles. The molecule has 1 aliphatic rings. The molecule has 0 aliphatic carbocycles. The third-order valence-electron chi connectivity index (χ3n) is 3.32. The van der Waals surface area contributed by atoms with Gasteiger partial charge in [0.2, 0.25) is 6.79 Å². The Kier molecular flexibility index (Phi) is 3.37. The van der Waals surface area contributed by atoms with Crippen LogP contribution < -0.4 is 19.7 Å². The van der Waals surface area contributed by atoms with Crippen molar-refractivity contribution in [2.24, 2.45) is 0 Å². The molecule has 0 fully saturated rings. The predicted molar refractivity (Wildman–Crippen MR) is 80.7 cm³/mol. The zero-order valence-electron chi connectivity index (χ0n) is 11.7. The molecule has 0 unspecified atom stereocenters. The van der Waals surface area contributed by atoms with Crippen LogP contribution in [0.5, 0.6) is 11.5 Å². The van der Waals surface area contributed by atoms with Gasteiger partial charge in [-0.15, -0.1) is 0 Å². The Bertz CT molecular complexity index is 594. The Hall–Kier alpha value is -2.36. The van der Waals surface area contributed by atoms with Gasteiger partial charge < -0.3 is 19.7 Å². The number of anilines is 2. The smallest absolute Gasteiger partial charge is 0.231 e. The summed E-state index contributed by atoms with van der Waals surface area (Å²) in [4.78, 5) is 2.08. The minimum absolute atomic E-state index is 0.318. The zero-order chi connectivity index (χ0) is 13.9. The second kappa shape index (κ2) is 5.33. The summed E-state index contributed by atoms with van der Waals surface area (Å²) in [5.41, 5.74) is 3.47. The average molecular weight is 270 g/mol. The van der Waals surface area contributed by atoms with E-state index < -0.39 is 0 Å². The second-order valence-electron chi connectivity index (χ2n) is 4.98. The number of nitrogens with one attached hydrogen (secondary N) is 1. The van der Waals surface area contributed by atoms with Crippen LogP contribution in [0.1, 0.15) is 5.56 Å². The van der Waals surface area contributed by atoms with Crippen molar-refractivity contribution in [3.8, 4) is 11.5 Å². The van der Waals surface area contributed by atoms with Gasteiger partial charge in [0, 0.05) is 32.0 Å². The SMILES string of the molecule is CN(C)c1ccc(NCc2ccc3c(c2)OCO3)cc1. The van der Waals surface area contributed by atoms with E-state index in [0.717, 1.165) is 23.7 Å². The van der Waals surface area contributed by atoms with E-state index in [4.69, 9.17) is 9.47 Å². The minimum Gasteiger partial charge on any atom is -0.454 e. The van der Waals surface area contributed by atoms with Crippen molar-refractivity contribution in [2.75, 3.05) is 31.1 Å². The Morgan fingerprint density at radius 3 is 2.50 bits per heavy atom. The van der Waals surface area contributed by atoms with Gasteiger partial charge >= 0.3 is 0 Å². The molecule has 20 heavy (non-hydrogen) atoms. The normalized spacial score (nSPS) is 12.3. The molecule has 0 saturated carbocycles. The van der Waals surface area contributed by atoms with Gasteiger partial charge in [-0.2, -0.15) is 0 Å². The van der Waals surface area contributed by atoms with Crippen LogP contribution in [-0.4, -0.2) is 20.9 Å². The topological polar surface area (TPSA) is 33.7 Å². The second-order valence-corrected chi connectivity index (χ2v) is 4.98. The number of hydrogen-bond donors (Lipinski definition) is 1. The highest BCUT2D eigenvalue weighted by Crippen LogP contribution is 2.32. The lowest BCUT2D eigenvalue weighted by Crippen LogP contribution is -2.08. The first-order valence-corrected chi connectivity index (χ1v) is 6.62. The molecule has 1 aliphatic heterocycles. The summed E-state index contributed by atoms with van der Waals surface area (Å²) in [5, 5.41) is 3.40. The molecule has 0 bridgehead atoms. The highest BCUT2D eigenvalue weighted by Gasteiger charge is 2.12. The summed E-state index contributed by atoms with van der Waals surface area (Å²) < 4.78 is 10.7. The van der Waals surface area contributed by atoms with Crippen molar-refractivity contribution in [3.05, 3.63) is 48.0 Å². The average Bonchev–Trinajstić information content (AvgIpc) is 2.93. The van der Waals surface area contributed by atoms with Crippen molar-refractivity contribution < 1.29 is 9.47 Å². The van der Waals surface area contributed by atoms with Gasteiger partial charge in [-0.1, -0.05) is 6.07 Å². The lowest BCUT2D eigenvalue weighted by atomic mass is 10.2. The monoisotopic (exact) mass is 270 g/mol. The van der Waals surface area contributed by atoms with Crippen LogP contribution in [0.3, 0.4) is 0 Å². The summed E-state index contributed by atoms with van der Waals surface area (Å²) in [6.07, 6.45) is 0. The molecule has 0 aromatic heterocycles. The van der Waals surface area contributed by atoms with Crippen molar-refractivity contribution in [2.45, 2.75) is 6.54 Å². The number of rotatable bonds is 4. The van der Waals surface area contributed by atoms with E-state index in [1.807, 2.05) is 26.2 Å². The molecular weight excluding hydrogens is 252 g/mol. The first-order valence-electron chi connectivity index (χ1n) is 6.62. The van der Waals surface area contributed by atoms with E-state index in [0.29, 0.717) is 6.79 Å². The molecule has 4 nitrogen and oxygen atoms in total. The van der Waals surface area contributed by atoms with E-state index in [-0.39, 0.29) is 0 Å². The van der Waals surface area contributed by atoms with Crippen molar-refractivity contribution in [3.63, 3.8) is 0 Å². The number of hydrogen-bond acceptors (Lipinski definition) is 4. The van der Waals surface area contributed by atoms with Gasteiger partial charge in [-0.3, -0.25) is 0 Å². The molecule has 3 rings (SSSR count). The van der Waals surface area contributed by atoms with Crippen LogP contribution >= 0.6 is 0 Å². The molecule has 4 heteroatoms. The van der Waals surface area contributed by atoms with Crippen LogP contribution in [0.15, 0.2) is 42.5 Å². The summed E-state index contributed by atoms with van der Waals surface area (Å²) in [6, 6.07) is 14.4. The molecule has 104 valence electrons. The summed E-state index contributed by atoms with van der Waals surface area (Å²) in [6.45, 7) is 1.08. The van der Waals surface area contributed by atoms with Gasteiger partial charge in [-0.05, 0) is 42.0 Å². The Labute approximate surface area is 118 Å². The van der Waals surface area contributed by atoms with E-state index in [9.17, 15) is 0 Å². The molecule has 1 N–H and O–H groups in total. The number of ether oxygens (including phenoxy) is 2. The van der Waals surface area contributed by atoms with Crippen LogP contribution in [0.2, 0.25) is 0 Å². The van der Waals surface area contributed by atoms with Crippen molar-refractivity contribution in [1.82, 2.24) is 0 Å². The van der Waals surface area contributed by atoms with Gasteiger partial charge in [0.25, 0.3) is 0 Å². The van der Waals surface area contributed by atoms with E-state index >= 15 is 0 Å².